The molecule has 4 rings (SSSR count). The van der Waals surface area contributed by atoms with E-state index in [1.807, 2.05) is 49.4 Å². The van der Waals surface area contributed by atoms with Crippen LogP contribution in [-0.2, 0) is 11.2 Å². The zero-order valence-corrected chi connectivity index (χ0v) is 17.7. The van der Waals surface area contributed by atoms with Crippen molar-refractivity contribution in [1.29, 1.82) is 0 Å². The number of nitrogens with zero attached hydrogens (tertiary/aromatic N) is 5. The van der Waals surface area contributed by atoms with Crippen molar-refractivity contribution in [3.05, 3.63) is 59.9 Å². The highest BCUT2D eigenvalue weighted by atomic mass is 16.5. The molecule has 1 aliphatic rings. The molecule has 0 bridgehead atoms. The van der Waals surface area contributed by atoms with E-state index in [1.165, 1.54) is 0 Å². The summed E-state index contributed by atoms with van der Waals surface area (Å²) in [7, 11) is 0. The Morgan fingerprint density at radius 1 is 1.16 bits per heavy atom. The largest absolute Gasteiger partial charge is 0.463 e. The van der Waals surface area contributed by atoms with E-state index in [4.69, 9.17) is 20.2 Å². The second-order valence-corrected chi connectivity index (χ2v) is 7.35. The molecule has 2 N–H and O–H groups in total. The molecule has 31 heavy (non-hydrogen) atoms. The number of nitrogens with two attached hydrogens (primary N) is 1. The lowest BCUT2D eigenvalue weighted by molar-refractivity contribution is 0.122. The number of benzene rings is 1. The monoisotopic (exact) mass is 419 g/mol. The second kappa shape index (κ2) is 9.53. The number of anilines is 2. The lowest BCUT2D eigenvalue weighted by Crippen LogP contribution is -2.37. The van der Waals surface area contributed by atoms with Crippen LogP contribution in [0.2, 0.25) is 0 Å². The van der Waals surface area contributed by atoms with E-state index >= 15 is 0 Å². The van der Waals surface area contributed by atoms with Crippen molar-refractivity contribution in [2.45, 2.75) is 13.3 Å². The summed E-state index contributed by atoms with van der Waals surface area (Å²) in [5, 5.41) is 0. The first kappa shape index (κ1) is 20.7. The fourth-order valence-corrected chi connectivity index (χ4v) is 3.48. The van der Waals surface area contributed by atoms with E-state index in [0.717, 1.165) is 16.9 Å². The molecule has 1 saturated heterocycles. The number of hydrogen-bond donors (Lipinski definition) is 1. The van der Waals surface area contributed by atoms with E-state index in [9.17, 15) is 0 Å². The maximum Gasteiger partial charge on any atom is 0.320 e. The van der Waals surface area contributed by atoms with Crippen LogP contribution in [0.5, 0.6) is 6.01 Å². The maximum absolute atomic E-state index is 6.40. The zero-order chi connectivity index (χ0) is 21.6. The number of hydrogen-bond acceptors (Lipinski definition) is 7. The van der Waals surface area contributed by atoms with Gasteiger partial charge in [-0.15, -0.1) is 0 Å². The predicted molar refractivity (Wildman–Crippen MR) is 123 cm³/mol. The van der Waals surface area contributed by atoms with Crippen molar-refractivity contribution in [2.24, 2.45) is 0 Å². The summed E-state index contributed by atoms with van der Waals surface area (Å²) < 4.78 is 13.1. The highest BCUT2D eigenvalue weighted by molar-refractivity contribution is 5.79. The molecule has 8 nitrogen and oxygen atoms in total. The minimum absolute atomic E-state index is 0.247. The topological polar surface area (TPSA) is 89.4 Å². The molecule has 8 heteroatoms. The Hall–Kier alpha value is -3.52. The van der Waals surface area contributed by atoms with Crippen LogP contribution >= 0.6 is 0 Å². The minimum Gasteiger partial charge on any atom is -0.463 e. The Morgan fingerprint density at radius 2 is 2.00 bits per heavy atom. The van der Waals surface area contributed by atoms with E-state index in [0.29, 0.717) is 56.7 Å². The van der Waals surface area contributed by atoms with Crippen LogP contribution in [0.15, 0.2) is 48.7 Å². The summed E-state index contributed by atoms with van der Waals surface area (Å²) in [5.41, 5.74) is 10.1. The van der Waals surface area contributed by atoms with Gasteiger partial charge in [-0.25, -0.2) is 0 Å². The molecule has 0 spiro atoms. The number of aromatic nitrogens is 3. The average Bonchev–Trinajstić information content (AvgIpc) is 2.79. The Kier molecular flexibility index (Phi) is 6.37. The predicted octanol–water partition coefficient (Wildman–Crippen LogP) is 2.76. The molecule has 0 unspecified atom stereocenters. The van der Waals surface area contributed by atoms with Gasteiger partial charge in [0.2, 0.25) is 17.3 Å². The summed E-state index contributed by atoms with van der Waals surface area (Å²) in [4.78, 5) is 15.6. The van der Waals surface area contributed by atoms with Crippen LogP contribution in [0.1, 0.15) is 11.3 Å². The molecular formula is C23H27N6O2+. The average molecular weight is 420 g/mol. The lowest BCUT2D eigenvalue weighted by Gasteiger charge is -2.28. The maximum atomic E-state index is 6.40. The van der Waals surface area contributed by atoms with Crippen LogP contribution in [0.3, 0.4) is 0 Å². The molecule has 1 aromatic carbocycles. The number of morpholine rings is 1. The Labute approximate surface area is 182 Å². The molecule has 0 saturated carbocycles. The van der Waals surface area contributed by atoms with E-state index in [-0.39, 0.29) is 6.01 Å². The summed E-state index contributed by atoms with van der Waals surface area (Å²) in [6, 6.07) is 14.1. The molecule has 0 aliphatic carbocycles. The molecule has 160 valence electrons. The zero-order valence-electron chi connectivity index (χ0n) is 17.7. The molecule has 0 radical (unpaired) electrons. The number of rotatable bonds is 7. The van der Waals surface area contributed by atoms with Gasteiger partial charge in [-0.05, 0) is 24.6 Å². The number of pyridine rings is 1. The van der Waals surface area contributed by atoms with Crippen LogP contribution in [0.4, 0.5) is 23.0 Å². The molecule has 2 aromatic heterocycles. The van der Waals surface area contributed by atoms with Crippen LogP contribution in [0, 0.1) is 6.92 Å². The highest BCUT2D eigenvalue weighted by Crippen LogP contribution is 2.35. The first-order valence-electron chi connectivity index (χ1n) is 10.3. The normalized spacial score (nSPS) is 13.8. The van der Waals surface area contributed by atoms with E-state index in [2.05, 4.69) is 21.6 Å². The summed E-state index contributed by atoms with van der Waals surface area (Å²) in [5.74, 6) is 1.01. The van der Waals surface area contributed by atoms with E-state index in [1.54, 1.807) is 10.8 Å². The SMILES string of the molecule is C=[N+](c1cccc(C)c1)c1c(N)nc(OCCc2ccccn2)nc1N1CCOCC1. The van der Waals surface area contributed by atoms with Gasteiger partial charge in [-0.1, -0.05) is 18.2 Å². The van der Waals surface area contributed by atoms with Gasteiger partial charge in [0.05, 0.1) is 19.8 Å². The van der Waals surface area contributed by atoms with Crippen molar-refractivity contribution in [3.63, 3.8) is 0 Å². The van der Waals surface area contributed by atoms with Crippen molar-refractivity contribution >= 4 is 29.7 Å². The van der Waals surface area contributed by atoms with E-state index < -0.39 is 0 Å². The highest BCUT2D eigenvalue weighted by Gasteiger charge is 2.29. The van der Waals surface area contributed by atoms with Crippen molar-refractivity contribution in [2.75, 3.05) is 43.5 Å². The van der Waals surface area contributed by atoms with Gasteiger partial charge in [0.25, 0.3) is 5.69 Å². The second-order valence-electron chi connectivity index (χ2n) is 7.35. The minimum atomic E-state index is 0.247. The van der Waals surface area contributed by atoms with Crippen LogP contribution < -0.4 is 19.9 Å². The van der Waals surface area contributed by atoms with Crippen molar-refractivity contribution in [1.82, 2.24) is 19.5 Å². The van der Waals surface area contributed by atoms with Gasteiger partial charge in [0, 0.05) is 43.5 Å². The molecule has 0 atom stereocenters. The smallest absolute Gasteiger partial charge is 0.320 e. The summed E-state index contributed by atoms with van der Waals surface area (Å²) >= 11 is 0. The Balaban J connectivity index is 1.63. The number of nitrogen functional groups attached to an aromatic ring is 1. The lowest BCUT2D eigenvalue weighted by atomic mass is 10.2. The van der Waals surface area contributed by atoms with Gasteiger partial charge < -0.3 is 20.1 Å². The first-order valence-corrected chi connectivity index (χ1v) is 10.3. The van der Waals surface area contributed by atoms with Gasteiger partial charge in [0.15, 0.2) is 0 Å². The third-order valence-corrected chi connectivity index (χ3v) is 5.08. The van der Waals surface area contributed by atoms with Crippen LogP contribution in [0.25, 0.3) is 0 Å². The molecule has 0 amide bonds. The van der Waals surface area contributed by atoms with Gasteiger partial charge in [0.1, 0.15) is 6.72 Å². The Morgan fingerprint density at radius 3 is 2.74 bits per heavy atom. The summed E-state index contributed by atoms with van der Waals surface area (Å²) in [6.45, 7) is 9.35. The standard InChI is InChI=1S/C23H27N6O2/c1-17-6-5-8-19(16-17)28(2)20-21(24)26-23(27-22(20)29-11-14-30-15-12-29)31-13-9-18-7-3-4-10-25-18/h3-8,10,16H,2,9,11-15H2,1H3,(H2,24,26,27)/q+1. The molecule has 3 aromatic rings. The summed E-state index contributed by atoms with van der Waals surface area (Å²) in [6.07, 6.45) is 2.42. The first-order chi connectivity index (χ1) is 15.1. The third kappa shape index (κ3) is 4.97. The quantitative estimate of drug-likeness (QED) is 0.465. The number of ether oxygens (including phenoxy) is 2. The van der Waals surface area contributed by atoms with Crippen LogP contribution in [-0.4, -0.2) is 54.6 Å². The van der Waals surface area contributed by atoms with Gasteiger partial charge in [-0.3, -0.25) is 4.98 Å². The van der Waals surface area contributed by atoms with Gasteiger partial charge in [-0.2, -0.15) is 14.5 Å². The fraction of sp³-hybridized carbons (Fsp3) is 0.304. The third-order valence-electron chi connectivity index (χ3n) is 5.08. The molecule has 3 heterocycles. The Bertz CT molecular complexity index is 1050. The van der Waals surface area contributed by atoms with Crippen molar-refractivity contribution in [3.8, 4) is 6.01 Å². The molecule has 1 aliphatic heterocycles. The van der Waals surface area contributed by atoms with Crippen molar-refractivity contribution < 1.29 is 9.47 Å². The fourth-order valence-electron chi connectivity index (χ4n) is 3.48. The van der Waals surface area contributed by atoms with Gasteiger partial charge >= 0.3 is 6.01 Å². The molecular weight excluding hydrogens is 392 g/mol. The molecule has 1 fully saturated rings. The number of aryl methyl sites for hydroxylation is 1.